The number of carbonyl (C=O) groups is 2. The topological polar surface area (TPSA) is 107 Å². The maximum absolute atomic E-state index is 11.0. The molecule has 0 saturated carbocycles. The second-order valence-electron chi connectivity index (χ2n) is 3.09. The van der Waals surface area contributed by atoms with Crippen LogP contribution in [0.1, 0.15) is 13.3 Å². The van der Waals surface area contributed by atoms with Crippen molar-refractivity contribution in [2.24, 2.45) is 0 Å². The summed E-state index contributed by atoms with van der Waals surface area (Å²) in [5.74, 6) is -1.67. The molecule has 3 N–H and O–H groups in total. The third-order valence-electron chi connectivity index (χ3n) is 1.47. The summed E-state index contributed by atoms with van der Waals surface area (Å²) in [6, 6.07) is -1.06. The van der Waals surface area contributed by atoms with Crippen LogP contribution in [0.4, 0.5) is 0 Å². The Morgan fingerprint density at radius 3 is 2.36 bits per heavy atom. The summed E-state index contributed by atoms with van der Waals surface area (Å²) < 4.78 is 18.0. The molecule has 0 saturated heterocycles. The van der Waals surface area contributed by atoms with Crippen LogP contribution >= 0.6 is 0 Å². The standard InChI is InChI=1S/C7H14N2O4S/c1-5(10)9-6(7(11)12)3-4-14(2,8)13/h6,8H,3-4H2,1-2H3,(H,9,10)(H,11,12)/t6-,14?/m0/s1. The fourth-order valence-corrected chi connectivity index (χ4v) is 1.53. The lowest BCUT2D eigenvalue weighted by Gasteiger charge is -2.12. The number of hydrogen-bond donors (Lipinski definition) is 3. The Labute approximate surface area is 82.7 Å². The number of carboxylic acids is 1. The molecule has 0 heterocycles. The average Bonchev–Trinajstić information content (AvgIpc) is 1.94. The smallest absolute Gasteiger partial charge is 0.326 e. The van der Waals surface area contributed by atoms with Gasteiger partial charge in [0, 0.05) is 28.7 Å². The molecule has 0 spiro atoms. The number of hydrogen-bond acceptors (Lipinski definition) is 4. The molecule has 0 rings (SSSR count). The first kappa shape index (κ1) is 12.9. The normalized spacial score (nSPS) is 16.7. The molecule has 0 aliphatic carbocycles. The summed E-state index contributed by atoms with van der Waals surface area (Å²) in [6.45, 7) is 1.21. The molecule has 6 nitrogen and oxygen atoms in total. The molecule has 0 aliphatic rings. The van der Waals surface area contributed by atoms with Gasteiger partial charge in [-0.2, -0.15) is 0 Å². The second-order valence-corrected chi connectivity index (χ2v) is 5.51. The van der Waals surface area contributed by atoms with Gasteiger partial charge in [-0.15, -0.1) is 0 Å². The van der Waals surface area contributed by atoms with Gasteiger partial charge in [-0.05, 0) is 6.42 Å². The van der Waals surface area contributed by atoms with Crippen LogP contribution in [0.3, 0.4) is 0 Å². The van der Waals surface area contributed by atoms with Crippen LogP contribution in [0, 0.1) is 4.78 Å². The third-order valence-corrected chi connectivity index (χ3v) is 2.49. The highest BCUT2D eigenvalue weighted by Crippen LogP contribution is 1.97. The minimum Gasteiger partial charge on any atom is -0.480 e. The zero-order chi connectivity index (χ0) is 11.4. The molecular formula is C7H14N2O4S. The van der Waals surface area contributed by atoms with Crippen LogP contribution in [0.5, 0.6) is 0 Å². The van der Waals surface area contributed by atoms with Gasteiger partial charge in [0.2, 0.25) is 5.91 Å². The van der Waals surface area contributed by atoms with E-state index in [-0.39, 0.29) is 12.2 Å². The lowest BCUT2D eigenvalue weighted by molar-refractivity contribution is -0.141. The largest absolute Gasteiger partial charge is 0.480 e. The number of aliphatic carboxylic acids is 1. The molecule has 0 aromatic carbocycles. The molecule has 0 fully saturated rings. The molecule has 14 heavy (non-hydrogen) atoms. The fraction of sp³-hybridized carbons (Fsp3) is 0.714. The number of carboxylic acid groups (broad SMARTS) is 1. The Kier molecular flexibility index (Phi) is 4.55. The maximum Gasteiger partial charge on any atom is 0.326 e. The lowest BCUT2D eigenvalue weighted by Crippen LogP contribution is -2.40. The summed E-state index contributed by atoms with van der Waals surface area (Å²) in [5.41, 5.74) is 0. The van der Waals surface area contributed by atoms with Crippen LogP contribution in [0.15, 0.2) is 0 Å². The molecule has 0 aromatic rings. The number of carbonyl (C=O) groups excluding carboxylic acids is 1. The summed E-state index contributed by atoms with van der Waals surface area (Å²) in [7, 11) is -2.70. The van der Waals surface area contributed by atoms with Crippen molar-refractivity contribution in [2.75, 3.05) is 12.0 Å². The highest BCUT2D eigenvalue weighted by molar-refractivity contribution is 7.91. The molecule has 82 valence electrons. The Balaban J connectivity index is 4.25. The first-order valence-corrected chi connectivity index (χ1v) is 6.07. The molecular weight excluding hydrogens is 208 g/mol. The summed E-state index contributed by atoms with van der Waals surface area (Å²) in [4.78, 5) is 21.2. The molecule has 2 atom stereocenters. The van der Waals surface area contributed by atoms with Crippen molar-refractivity contribution in [3.8, 4) is 0 Å². The van der Waals surface area contributed by atoms with E-state index in [2.05, 4.69) is 5.32 Å². The van der Waals surface area contributed by atoms with Crippen molar-refractivity contribution >= 4 is 21.6 Å². The number of nitrogens with one attached hydrogen (secondary N) is 2. The van der Waals surface area contributed by atoms with Gasteiger partial charge in [0.25, 0.3) is 0 Å². The van der Waals surface area contributed by atoms with E-state index >= 15 is 0 Å². The fourth-order valence-electron chi connectivity index (χ4n) is 0.845. The van der Waals surface area contributed by atoms with E-state index in [1.807, 2.05) is 0 Å². The van der Waals surface area contributed by atoms with Gasteiger partial charge in [0.05, 0.1) is 0 Å². The molecule has 1 unspecified atom stereocenters. The van der Waals surface area contributed by atoms with Gasteiger partial charge in [-0.25, -0.2) is 4.79 Å². The van der Waals surface area contributed by atoms with Crippen LogP contribution in [0.2, 0.25) is 0 Å². The Hall–Kier alpha value is -1.11. The van der Waals surface area contributed by atoms with Gasteiger partial charge < -0.3 is 10.4 Å². The zero-order valence-electron chi connectivity index (χ0n) is 8.07. The van der Waals surface area contributed by atoms with Crippen molar-refractivity contribution in [1.82, 2.24) is 5.32 Å². The second kappa shape index (κ2) is 4.94. The van der Waals surface area contributed by atoms with Crippen molar-refractivity contribution in [2.45, 2.75) is 19.4 Å². The zero-order valence-corrected chi connectivity index (χ0v) is 8.89. The van der Waals surface area contributed by atoms with E-state index in [1.54, 1.807) is 0 Å². The van der Waals surface area contributed by atoms with E-state index in [0.29, 0.717) is 0 Å². The summed E-state index contributed by atoms with van der Waals surface area (Å²) >= 11 is 0. The van der Waals surface area contributed by atoms with Crippen LogP contribution in [-0.4, -0.2) is 39.2 Å². The number of rotatable bonds is 5. The first-order chi connectivity index (χ1) is 6.22. The monoisotopic (exact) mass is 222 g/mol. The number of amides is 1. The molecule has 1 amide bonds. The quantitative estimate of drug-likeness (QED) is 0.590. The van der Waals surface area contributed by atoms with Gasteiger partial charge >= 0.3 is 5.97 Å². The van der Waals surface area contributed by atoms with Gasteiger partial charge in [-0.1, -0.05) is 0 Å². The van der Waals surface area contributed by atoms with Gasteiger partial charge in [0.15, 0.2) is 0 Å². The highest BCUT2D eigenvalue weighted by atomic mass is 32.2. The molecule has 0 aliphatic heterocycles. The van der Waals surface area contributed by atoms with E-state index in [0.717, 1.165) is 0 Å². The average molecular weight is 222 g/mol. The summed E-state index contributed by atoms with van der Waals surface area (Å²) in [6.07, 6.45) is 1.24. The van der Waals surface area contributed by atoms with Crippen molar-refractivity contribution in [1.29, 1.82) is 4.78 Å². The van der Waals surface area contributed by atoms with Crippen molar-refractivity contribution < 1.29 is 18.9 Å². The van der Waals surface area contributed by atoms with E-state index in [4.69, 9.17) is 9.89 Å². The van der Waals surface area contributed by atoms with Gasteiger partial charge in [0.1, 0.15) is 6.04 Å². The minimum absolute atomic E-state index is 0.00769. The molecule has 7 heteroatoms. The predicted molar refractivity (Wildman–Crippen MR) is 51.5 cm³/mol. The van der Waals surface area contributed by atoms with Crippen LogP contribution < -0.4 is 5.32 Å². The molecule has 0 aromatic heterocycles. The predicted octanol–water partition coefficient (Wildman–Crippen LogP) is -0.358. The molecule has 0 radical (unpaired) electrons. The van der Waals surface area contributed by atoms with Crippen molar-refractivity contribution in [3.05, 3.63) is 0 Å². The minimum atomic E-state index is -2.70. The Bertz CT molecular complexity index is 323. The van der Waals surface area contributed by atoms with Crippen LogP contribution in [0.25, 0.3) is 0 Å². The van der Waals surface area contributed by atoms with Gasteiger partial charge in [-0.3, -0.25) is 13.8 Å². The van der Waals surface area contributed by atoms with E-state index in [1.165, 1.54) is 13.2 Å². The van der Waals surface area contributed by atoms with Crippen LogP contribution in [-0.2, 0) is 19.3 Å². The Morgan fingerprint density at radius 2 is 2.07 bits per heavy atom. The summed E-state index contributed by atoms with van der Waals surface area (Å²) in [5, 5.41) is 10.9. The molecule has 0 bridgehead atoms. The third kappa shape index (κ3) is 6.41. The van der Waals surface area contributed by atoms with Crippen molar-refractivity contribution in [3.63, 3.8) is 0 Å². The van der Waals surface area contributed by atoms with E-state index < -0.39 is 27.6 Å². The lowest BCUT2D eigenvalue weighted by atomic mass is 10.2. The van der Waals surface area contributed by atoms with E-state index in [9.17, 15) is 13.8 Å². The SMILES string of the molecule is CC(=O)N[C@@H](CCS(C)(=N)=O)C(=O)O. The first-order valence-electron chi connectivity index (χ1n) is 3.94. The maximum atomic E-state index is 11.0. The highest BCUT2D eigenvalue weighted by Gasteiger charge is 2.18. The Morgan fingerprint density at radius 1 is 1.57 bits per heavy atom.